The minimum atomic E-state index is -0.194. The summed E-state index contributed by atoms with van der Waals surface area (Å²) in [4.78, 5) is 38.5. The van der Waals surface area contributed by atoms with E-state index in [9.17, 15) is 9.59 Å². The van der Waals surface area contributed by atoms with Crippen LogP contribution in [0.2, 0.25) is 0 Å². The Hall–Kier alpha value is -2.69. The van der Waals surface area contributed by atoms with Crippen LogP contribution in [0.1, 0.15) is 31.5 Å². The molecule has 0 bridgehead atoms. The van der Waals surface area contributed by atoms with Crippen molar-refractivity contribution in [1.29, 1.82) is 0 Å². The highest BCUT2D eigenvalue weighted by Gasteiger charge is 2.33. The lowest BCUT2D eigenvalue weighted by atomic mass is 10.1. The van der Waals surface area contributed by atoms with Crippen LogP contribution < -0.4 is 5.32 Å². The number of nitrogens with zero attached hydrogens (tertiary/aromatic N) is 4. The first-order valence-corrected chi connectivity index (χ1v) is 12.9. The molecule has 1 aromatic carbocycles. The Morgan fingerprint density at radius 1 is 1.28 bits per heavy atom. The number of rotatable bonds is 5. The molecule has 1 unspecified atom stereocenters. The number of benzene rings is 1. The molecule has 1 saturated heterocycles. The van der Waals surface area contributed by atoms with Gasteiger partial charge in [0.25, 0.3) is 11.8 Å². The minimum absolute atomic E-state index is 0.0836. The molecule has 0 spiro atoms. The van der Waals surface area contributed by atoms with Gasteiger partial charge >= 0.3 is 0 Å². The topological polar surface area (TPSA) is 79.6 Å². The van der Waals surface area contributed by atoms with Crippen LogP contribution in [0, 0.1) is 13.8 Å². The number of hydrogen-bond donors (Lipinski definition) is 1. The van der Waals surface area contributed by atoms with Gasteiger partial charge in [-0.1, -0.05) is 29.8 Å². The number of amides is 2. The molecule has 0 saturated carbocycles. The lowest BCUT2D eigenvalue weighted by molar-refractivity contribution is 0.0746. The molecular formula is C22H21N5O2S3. The first-order chi connectivity index (χ1) is 15.5. The highest BCUT2D eigenvalue weighted by molar-refractivity contribution is 8.00. The van der Waals surface area contributed by atoms with Crippen LogP contribution in [0.15, 0.2) is 42.0 Å². The van der Waals surface area contributed by atoms with Crippen LogP contribution in [0.3, 0.4) is 0 Å². The standard InChI is InChI=1S/C22H21N5O2S3/c1-13-4-3-5-15(10-13)19-18(25-14(2)32-19)21(29)27-7-8-30-17(27)12-23-20(28)16-11-24-22-26(16)6-9-31-22/h3-6,9-11,17H,7-8,12H2,1-2H3,(H,23,28). The number of carbonyl (C=O) groups excluding carboxylic acids is 2. The zero-order valence-corrected chi connectivity index (χ0v) is 20.0. The Bertz CT molecular complexity index is 1310. The zero-order valence-electron chi connectivity index (χ0n) is 17.6. The van der Waals surface area contributed by atoms with Crippen molar-refractivity contribution in [3.63, 3.8) is 0 Å². The van der Waals surface area contributed by atoms with Crippen LogP contribution in [0.5, 0.6) is 0 Å². The van der Waals surface area contributed by atoms with E-state index in [0.29, 0.717) is 24.5 Å². The van der Waals surface area contributed by atoms with Crippen LogP contribution in [-0.4, -0.2) is 55.3 Å². The van der Waals surface area contributed by atoms with Crippen molar-refractivity contribution in [3.8, 4) is 10.4 Å². The quantitative estimate of drug-likeness (QED) is 0.463. The van der Waals surface area contributed by atoms with Gasteiger partial charge in [-0.3, -0.25) is 14.0 Å². The summed E-state index contributed by atoms with van der Waals surface area (Å²) in [6.07, 6.45) is 3.41. The normalized spacial score (nSPS) is 16.1. The molecule has 4 aromatic rings. The molecule has 1 aliphatic heterocycles. The third kappa shape index (κ3) is 3.94. The number of imidazole rings is 1. The van der Waals surface area contributed by atoms with E-state index in [-0.39, 0.29) is 17.2 Å². The molecule has 1 N–H and O–H groups in total. The van der Waals surface area contributed by atoms with Crippen molar-refractivity contribution < 1.29 is 9.59 Å². The van der Waals surface area contributed by atoms with Gasteiger partial charge in [-0.2, -0.15) is 0 Å². The first kappa shape index (κ1) is 21.2. The summed E-state index contributed by atoms with van der Waals surface area (Å²) < 4.78 is 1.77. The molecule has 7 nitrogen and oxygen atoms in total. The molecule has 1 fully saturated rings. The molecule has 0 aliphatic carbocycles. The summed E-state index contributed by atoms with van der Waals surface area (Å²) in [5.74, 6) is 0.553. The zero-order chi connectivity index (χ0) is 22.2. The molecule has 10 heteroatoms. The van der Waals surface area contributed by atoms with Gasteiger partial charge in [0.1, 0.15) is 11.4 Å². The van der Waals surface area contributed by atoms with E-state index in [2.05, 4.69) is 21.4 Å². The monoisotopic (exact) mass is 483 g/mol. The van der Waals surface area contributed by atoms with Gasteiger partial charge in [0.15, 0.2) is 4.96 Å². The summed E-state index contributed by atoms with van der Waals surface area (Å²) in [5.41, 5.74) is 3.15. The smallest absolute Gasteiger partial charge is 0.274 e. The predicted molar refractivity (Wildman–Crippen MR) is 130 cm³/mol. The minimum Gasteiger partial charge on any atom is -0.348 e. The van der Waals surface area contributed by atoms with Crippen molar-refractivity contribution >= 4 is 51.2 Å². The Morgan fingerprint density at radius 2 is 2.16 bits per heavy atom. The SMILES string of the molecule is Cc1cccc(-c2sc(C)nc2C(=O)N2CCSC2CNC(=O)c2cnc3sccn23)c1. The highest BCUT2D eigenvalue weighted by atomic mass is 32.2. The van der Waals surface area contributed by atoms with Gasteiger partial charge < -0.3 is 10.2 Å². The van der Waals surface area contributed by atoms with Gasteiger partial charge in [0.2, 0.25) is 0 Å². The van der Waals surface area contributed by atoms with E-state index in [1.807, 2.05) is 48.5 Å². The third-order valence-corrected chi connectivity index (χ3v) is 8.30. The number of aryl methyl sites for hydroxylation is 2. The van der Waals surface area contributed by atoms with Crippen LogP contribution in [-0.2, 0) is 0 Å². The number of fused-ring (bicyclic) bond motifs is 1. The lowest BCUT2D eigenvalue weighted by Crippen LogP contribution is -2.42. The van der Waals surface area contributed by atoms with Crippen molar-refractivity contribution in [1.82, 2.24) is 24.6 Å². The fourth-order valence-corrected chi connectivity index (χ4v) is 6.53. The van der Waals surface area contributed by atoms with E-state index in [1.54, 1.807) is 22.4 Å². The van der Waals surface area contributed by atoms with Gasteiger partial charge in [-0.25, -0.2) is 9.97 Å². The van der Waals surface area contributed by atoms with E-state index < -0.39 is 0 Å². The highest BCUT2D eigenvalue weighted by Crippen LogP contribution is 2.33. The second kappa shape index (κ2) is 8.68. The number of thiazole rings is 2. The molecule has 164 valence electrons. The lowest BCUT2D eigenvalue weighted by Gasteiger charge is -2.23. The fraction of sp³-hybridized carbons (Fsp3) is 0.273. The summed E-state index contributed by atoms with van der Waals surface area (Å²) in [7, 11) is 0. The molecule has 1 atom stereocenters. The number of carbonyl (C=O) groups is 2. The van der Waals surface area contributed by atoms with Crippen LogP contribution >= 0.6 is 34.4 Å². The van der Waals surface area contributed by atoms with Crippen LogP contribution in [0.4, 0.5) is 0 Å². The van der Waals surface area contributed by atoms with Crippen molar-refractivity contribution in [2.24, 2.45) is 0 Å². The molecule has 0 radical (unpaired) electrons. The third-order valence-electron chi connectivity index (χ3n) is 5.28. The molecular weight excluding hydrogens is 462 g/mol. The van der Waals surface area contributed by atoms with Crippen molar-refractivity contribution in [3.05, 3.63) is 64.0 Å². The largest absolute Gasteiger partial charge is 0.348 e. The number of nitrogens with one attached hydrogen (secondary N) is 1. The van der Waals surface area contributed by atoms with Crippen LogP contribution in [0.25, 0.3) is 15.4 Å². The molecule has 32 heavy (non-hydrogen) atoms. The Balaban J connectivity index is 1.33. The van der Waals surface area contributed by atoms with Gasteiger partial charge in [-0.05, 0) is 19.4 Å². The number of thioether (sulfide) groups is 1. The molecule has 4 heterocycles. The maximum Gasteiger partial charge on any atom is 0.274 e. The average molecular weight is 484 g/mol. The van der Waals surface area contributed by atoms with Crippen molar-refractivity contribution in [2.75, 3.05) is 18.8 Å². The summed E-state index contributed by atoms with van der Waals surface area (Å²) in [6.45, 7) is 4.97. The average Bonchev–Trinajstić information content (AvgIpc) is 3.54. The van der Waals surface area contributed by atoms with E-state index in [0.717, 1.165) is 31.7 Å². The van der Waals surface area contributed by atoms with E-state index >= 15 is 0 Å². The maximum absolute atomic E-state index is 13.5. The summed E-state index contributed by atoms with van der Waals surface area (Å²) in [5, 5.41) is 5.60. The Kier molecular flexibility index (Phi) is 5.75. The van der Waals surface area contributed by atoms with Gasteiger partial charge in [-0.15, -0.1) is 34.4 Å². The maximum atomic E-state index is 13.5. The molecule has 3 aromatic heterocycles. The Morgan fingerprint density at radius 3 is 3.00 bits per heavy atom. The van der Waals surface area contributed by atoms with Crippen molar-refractivity contribution in [2.45, 2.75) is 19.2 Å². The van der Waals surface area contributed by atoms with Gasteiger partial charge in [0.05, 0.1) is 21.5 Å². The molecule has 5 rings (SSSR count). The molecule has 2 amide bonds. The van der Waals surface area contributed by atoms with E-state index in [1.165, 1.54) is 22.7 Å². The van der Waals surface area contributed by atoms with E-state index in [4.69, 9.17) is 0 Å². The second-order valence-electron chi connectivity index (χ2n) is 7.51. The first-order valence-electron chi connectivity index (χ1n) is 10.2. The number of hydrogen-bond acceptors (Lipinski definition) is 7. The Labute approximate surface area is 197 Å². The predicted octanol–water partition coefficient (Wildman–Crippen LogP) is 4.08. The molecule has 1 aliphatic rings. The number of aromatic nitrogens is 3. The summed E-state index contributed by atoms with van der Waals surface area (Å²) >= 11 is 4.70. The summed E-state index contributed by atoms with van der Waals surface area (Å²) in [6, 6.07) is 8.14. The second-order valence-corrected chi connectivity index (χ2v) is 10.9. The fourth-order valence-electron chi connectivity index (χ4n) is 3.78. The van der Waals surface area contributed by atoms with Gasteiger partial charge in [0, 0.05) is 30.4 Å².